The molecular formula is C18H30O6. The van der Waals surface area contributed by atoms with Crippen LogP contribution in [0.3, 0.4) is 0 Å². The van der Waals surface area contributed by atoms with Crippen LogP contribution in [0.5, 0.6) is 11.5 Å². The first-order valence-corrected chi connectivity index (χ1v) is 8.10. The van der Waals surface area contributed by atoms with Gasteiger partial charge in [0, 0.05) is 30.1 Å². The van der Waals surface area contributed by atoms with Gasteiger partial charge in [-0.2, -0.15) is 0 Å². The van der Waals surface area contributed by atoms with Crippen molar-refractivity contribution in [2.45, 2.75) is 52.7 Å². The van der Waals surface area contributed by atoms with E-state index in [9.17, 15) is 20.4 Å². The van der Waals surface area contributed by atoms with E-state index in [1.165, 1.54) is 6.07 Å². The lowest BCUT2D eigenvalue weighted by Gasteiger charge is -2.60. The van der Waals surface area contributed by atoms with Gasteiger partial charge in [-0.3, -0.25) is 0 Å². The third kappa shape index (κ3) is 4.00. The van der Waals surface area contributed by atoms with Crippen LogP contribution >= 0.6 is 0 Å². The molecule has 0 aliphatic heterocycles. The summed E-state index contributed by atoms with van der Waals surface area (Å²) in [6.07, 6.45) is 1.54. The lowest BCUT2D eigenvalue weighted by atomic mass is 9.51. The number of aliphatic hydroxyl groups is 4. The maximum atomic E-state index is 9.52. The Kier molecular flexibility index (Phi) is 6.27. The van der Waals surface area contributed by atoms with Gasteiger partial charge >= 0.3 is 0 Å². The minimum Gasteiger partial charge on any atom is -0.508 e. The van der Waals surface area contributed by atoms with Crippen molar-refractivity contribution in [3.8, 4) is 11.5 Å². The Morgan fingerprint density at radius 2 is 1.17 bits per heavy atom. The summed E-state index contributed by atoms with van der Waals surface area (Å²) in [5.74, 6) is -1.54. The smallest absolute Gasteiger partial charge is 0.172 e. The first-order chi connectivity index (χ1) is 10.9. The number of phenolic OH excluding ortho intramolecular Hbond substituents is 2. The number of hydrogen-bond acceptors (Lipinski definition) is 6. The molecule has 0 amide bonds. The Balaban J connectivity index is 0.000000254. The summed E-state index contributed by atoms with van der Waals surface area (Å²) < 4.78 is 0. The van der Waals surface area contributed by atoms with E-state index in [0.717, 1.165) is 6.42 Å². The summed E-state index contributed by atoms with van der Waals surface area (Å²) in [6.45, 7) is 7.38. The molecule has 6 N–H and O–H groups in total. The highest BCUT2D eigenvalue weighted by molar-refractivity contribution is 5.45. The lowest BCUT2D eigenvalue weighted by Crippen LogP contribution is -2.66. The molecule has 0 spiro atoms. The van der Waals surface area contributed by atoms with Crippen molar-refractivity contribution in [3.05, 3.63) is 23.3 Å². The lowest BCUT2D eigenvalue weighted by molar-refractivity contribution is -0.367. The topological polar surface area (TPSA) is 121 Å². The number of benzene rings is 1. The fraction of sp³-hybridized carbons (Fsp3) is 0.667. The third-order valence-electron chi connectivity index (χ3n) is 4.81. The van der Waals surface area contributed by atoms with E-state index in [2.05, 4.69) is 0 Å². The number of hydrogen-bond donors (Lipinski definition) is 6. The molecule has 6 nitrogen and oxygen atoms in total. The van der Waals surface area contributed by atoms with Crippen molar-refractivity contribution < 1.29 is 30.6 Å². The Bertz CT molecular complexity index is 520. The zero-order chi connectivity index (χ0) is 18.8. The summed E-state index contributed by atoms with van der Waals surface area (Å²) in [5, 5.41) is 55.2. The average molecular weight is 342 g/mol. The zero-order valence-corrected chi connectivity index (χ0v) is 14.9. The van der Waals surface area contributed by atoms with Crippen LogP contribution < -0.4 is 0 Å². The van der Waals surface area contributed by atoms with E-state index in [1.54, 1.807) is 6.07 Å². The standard InChI is InChI=1S/C10H14O4.C8H16O2/c11-3-1-7-5-8(2-4-12)10(14)6-9(7)13;1-6(2)5-7(3,4)8(6,9)10/h5-6,11-14H,1-4H2;9-10H,5H2,1-4H3. The highest BCUT2D eigenvalue weighted by Gasteiger charge is 2.64. The van der Waals surface area contributed by atoms with Gasteiger partial charge in [0.15, 0.2) is 5.79 Å². The molecule has 0 saturated heterocycles. The van der Waals surface area contributed by atoms with Gasteiger partial charge in [-0.25, -0.2) is 0 Å². The second kappa shape index (κ2) is 7.27. The molecule has 0 aromatic heterocycles. The van der Waals surface area contributed by atoms with Crippen molar-refractivity contribution in [1.82, 2.24) is 0 Å². The predicted molar refractivity (Wildman–Crippen MR) is 90.7 cm³/mol. The fourth-order valence-corrected chi connectivity index (χ4v) is 3.48. The maximum absolute atomic E-state index is 9.52. The molecular weight excluding hydrogens is 312 g/mol. The van der Waals surface area contributed by atoms with Crippen LogP contribution in [0, 0.1) is 10.8 Å². The van der Waals surface area contributed by atoms with Crippen LogP contribution in [-0.2, 0) is 12.8 Å². The minimum absolute atomic E-state index is 0.0294. The summed E-state index contributed by atoms with van der Waals surface area (Å²) in [6, 6.07) is 2.83. The Morgan fingerprint density at radius 3 is 1.38 bits per heavy atom. The van der Waals surface area contributed by atoms with Gasteiger partial charge in [0.05, 0.1) is 0 Å². The highest BCUT2D eigenvalue weighted by atomic mass is 16.5. The molecule has 1 saturated carbocycles. The van der Waals surface area contributed by atoms with Gasteiger partial charge in [0.2, 0.25) is 0 Å². The van der Waals surface area contributed by atoms with Crippen molar-refractivity contribution in [1.29, 1.82) is 0 Å². The zero-order valence-electron chi connectivity index (χ0n) is 14.9. The van der Waals surface area contributed by atoms with Gasteiger partial charge in [0.25, 0.3) is 0 Å². The van der Waals surface area contributed by atoms with Crippen LogP contribution in [0.1, 0.15) is 45.2 Å². The van der Waals surface area contributed by atoms with Gasteiger partial charge in [-0.15, -0.1) is 0 Å². The minimum atomic E-state index is -1.49. The van der Waals surface area contributed by atoms with E-state index in [1.807, 2.05) is 27.7 Å². The van der Waals surface area contributed by atoms with Crippen LogP contribution in [0.15, 0.2) is 12.1 Å². The summed E-state index contributed by atoms with van der Waals surface area (Å²) in [7, 11) is 0. The van der Waals surface area contributed by atoms with E-state index in [0.29, 0.717) is 24.0 Å². The average Bonchev–Trinajstić information content (AvgIpc) is 2.43. The molecule has 1 aromatic carbocycles. The molecule has 6 heteroatoms. The Morgan fingerprint density at radius 1 is 0.792 bits per heavy atom. The number of aliphatic hydroxyl groups excluding tert-OH is 2. The third-order valence-corrected chi connectivity index (χ3v) is 4.81. The predicted octanol–water partition coefficient (Wildman–Crippen LogP) is 1.29. The number of phenols is 2. The summed E-state index contributed by atoms with van der Waals surface area (Å²) in [4.78, 5) is 0. The summed E-state index contributed by atoms with van der Waals surface area (Å²) in [5.41, 5.74) is 0.481. The molecule has 1 fully saturated rings. The molecule has 0 radical (unpaired) electrons. The van der Waals surface area contributed by atoms with E-state index >= 15 is 0 Å². The normalized spacial score (nSPS) is 19.8. The quantitative estimate of drug-likeness (QED) is 0.459. The van der Waals surface area contributed by atoms with Gasteiger partial charge < -0.3 is 30.6 Å². The second-order valence-corrected chi connectivity index (χ2v) is 7.67. The van der Waals surface area contributed by atoms with E-state index in [-0.39, 0.29) is 35.5 Å². The first-order valence-electron chi connectivity index (χ1n) is 8.10. The van der Waals surface area contributed by atoms with Gasteiger partial charge in [-0.1, -0.05) is 27.7 Å². The van der Waals surface area contributed by atoms with Crippen molar-refractivity contribution in [2.75, 3.05) is 13.2 Å². The van der Waals surface area contributed by atoms with Crippen molar-refractivity contribution in [2.24, 2.45) is 10.8 Å². The molecule has 1 aromatic rings. The monoisotopic (exact) mass is 342 g/mol. The van der Waals surface area contributed by atoms with Crippen LogP contribution in [0.2, 0.25) is 0 Å². The van der Waals surface area contributed by atoms with Crippen molar-refractivity contribution in [3.63, 3.8) is 0 Å². The molecule has 0 heterocycles. The molecule has 0 unspecified atom stereocenters. The fourth-order valence-electron chi connectivity index (χ4n) is 3.48. The molecule has 0 atom stereocenters. The van der Waals surface area contributed by atoms with E-state index in [4.69, 9.17) is 10.2 Å². The summed E-state index contributed by atoms with van der Waals surface area (Å²) >= 11 is 0. The first kappa shape index (κ1) is 20.7. The Hall–Kier alpha value is -1.34. The highest BCUT2D eigenvalue weighted by Crippen LogP contribution is 2.59. The van der Waals surface area contributed by atoms with Gasteiger partial charge in [-0.05, 0) is 36.5 Å². The SMILES string of the molecule is CC1(C)CC(C)(C)C1(O)O.OCCc1cc(CCO)c(O)cc1O. The molecule has 0 bridgehead atoms. The molecule has 138 valence electrons. The molecule has 24 heavy (non-hydrogen) atoms. The second-order valence-electron chi connectivity index (χ2n) is 7.67. The number of aromatic hydroxyl groups is 2. The molecule has 1 aliphatic carbocycles. The molecule has 2 rings (SSSR count). The van der Waals surface area contributed by atoms with E-state index < -0.39 is 5.79 Å². The number of rotatable bonds is 4. The van der Waals surface area contributed by atoms with Crippen LogP contribution in [0.25, 0.3) is 0 Å². The largest absolute Gasteiger partial charge is 0.508 e. The Labute approximate surface area is 143 Å². The maximum Gasteiger partial charge on any atom is 0.172 e. The van der Waals surface area contributed by atoms with Crippen LogP contribution in [-0.4, -0.2) is 49.6 Å². The van der Waals surface area contributed by atoms with Crippen molar-refractivity contribution >= 4 is 0 Å². The molecule has 1 aliphatic rings. The van der Waals surface area contributed by atoms with Crippen LogP contribution in [0.4, 0.5) is 0 Å². The van der Waals surface area contributed by atoms with Gasteiger partial charge in [0.1, 0.15) is 11.5 Å².